The van der Waals surface area contributed by atoms with E-state index < -0.39 is 54.0 Å². The minimum absolute atomic E-state index is 0.0241. The Bertz CT molecular complexity index is 1650. The summed E-state index contributed by atoms with van der Waals surface area (Å²) in [6.07, 6.45) is -3.60. The minimum atomic E-state index is -1.93. The van der Waals surface area contributed by atoms with Gasteiger partial charge in [0.05, 0.1) is 24.8 Å². The second kappa shape index (κ2) is 15.3. The van der Waals surface area contributed by atoms with Crippen LogP contribution in [0.15, 0.2) is 36.4 Å². The zero-order valence-corrected chi connectivity index (χ0v) is 29.6. The van der Waals surface area contributed by atoms with E-state index in [0.717, 1.165) is 18.4 Å². The number of imide groups is 1. The first kappa shape index (κ1) is 37.8. The molecule has 2 heterocycles. The molecule has 0 spiro atoms. The molecule has 2 atom stereocenters. The van der Waals surface area contributed by atoms with E-state index in [2.05, 4.69) is 5.32 Å². The van der Waals surface area contributed by atoms with Crippen LogP contribution >= 0.6 is 0 Å². The molecule has 2 saturated heterocycles. The summed E-state index contributed by atoms with van der Waals surface area (Å²) in [7, 11) is 0. The third-order valence-electron chi connectivity index (χ3n) is 7.74. The molecule has 2 aromatic carbocycles. The molecule has 0 bridgehead atoms. The fourth-order valence-corrected chi connectivity index (χ4v) is 5.51. The number of hydrogen-bond acceptors (Lipinski definition) is 10. The number of amides is 5. The van der Waals surface area contributed by atoms with Crippen LogP contribution in [0.3, 0.4) is 0 Å². The number of benzene rings is 2. The maximum Gasteiger partial charge on any atom is 0.420 e. The van der Waals surface area contributed by atoms with Gasteiger partial charge in [-0.3, -0.25) is 14.4 Å². The maximum absolute atomic E-state index is 13.6. The van der Waals surface area contributed by atoms with Crippen LogP contribution in [0.2, 0.25) is 0 Å². The maximum atomic E-state index is 13.6. The SMILES string of the molecule is Cc1cc(C(=O)N2CCCC2)cc(N2CCOC(C(O)C(=O)Nc3ccc(C#N)c(CN(C(=O)OC(C)(C)C)C(=O)OC(C)(C)C)c3)C2=O)c1. The lowest BCUT2D eigenvalue weighted by atomic mass is 10.0. The Labute approximate surface area is 291 Å². The number of anilines is 2. The smallest absolute Gasteiger partial charge is 0.420 e. The largest absolute Gasteiger partial charge is 0.443 e. The zero-order valence-electron chi connectivity index (χ0n) is 29.6. The number of carbonyl (C=O) groups excluding carboxylic acids is 5. The van der Waals surface area contributed by atoms with Crippen LogP contribution in [0.5, 0.6) is 0 Å². The molecule has 2 fully saturated rings. The molecule has 2 unspecified atom stereocenters. The molecule has 0 saturated carbocycles. The van der Waals surface area contributed by atoms with Gasteiger partial charge in [0.25, 0.3) is 17.7 Å². The van der Waals surface area contributed by atoms with Gasteiger partial charge in [0.1, 0.15) is 11.2 Å². The van der Waals surface area contributed by atoms with Crippen molar-refractivity contribution in [1.82, 2.24) is 9.80 Å². The van der Waals surface area contributed by atoms with Crippen molar-refractivity contribution in [3.63, 3.8) is 0 Å². The molecule has 2 aliphatic heterocycles. The number of nitrogens with zero attached hydrogens (tertiary/aromatic N) is 4. The Balaban J connectivity index is 1.52. The second-order valence-electron chi connectivity index (χ2n) is 14.3. The van der Waals surface area contributed by atoms with Crippen LogP contribution in [-0.4, -0.2) is 94.5 Å². The van der Waals surface area contributed by atoms with Gasteiger partial charge in [-0.15, -0.1) is 0 Å². The molecule has 2 N–H and O–H groups in total. The Morgan fingerprint density at radius 1 is 1.00 bits per heavy atom. The van der Waals surface area contributed by atoms with Gasteiger partial charge in [-0.1, -0.05) is 0 Å². The summed E-state index contributed by atoms with van der Waals surface area (Å²) < 4.78 is 16.4. The molecule has 0 radical (unpaired) electrons. The quantitative estimate of drug-likeness (QED) is 0.420. The summed E-state index contributed by atoms with van der Waals surface area (Å²) in [5.41, 5.74) is 0.172. The Kier molecular flexibility index (Phi) is 11.5. The van der Waals surface area contributed by atoms with Crippen molar-refractivity contribution in [3.05, 3.63) is 58.7 Å². The van der Waals surface area contributed by atoms with Crippen LogP contribution in [0.25, 0.3) is 0 Å². The van der Waals surface area contributed by atoms with E-state index in [9.17, 15) is 34.3 Å². The predicted molar refractivity (Wildman–Crippen MR) is 182 cm³/mol. The number of nitriles is 1. The first-order valence-corrected chi connectivity index (χ1v) is 16.5. The zero-order chi connectivity index (χ0) is 37.0. The van der Waals surface area contributed by atoms with E-state index in [-0.39, 0.29) is 35.9 Å². The second-order valence-corrected chi connectivity index (χ2v) is 14.3. The van der Waals surface area contributed by atoms with Gasteiger partial charge in [-0.2, -0.15) is 5.26 Å². The van der Waals surface area contributed by atoms with E-state index in [1.165, 1.54) is 23.1 Å². The van der Waals surface area contributed by atoms with E-state index in [1.54, 1.807) is 64.6 Å². The average molecular weight is 692 g/mol. The van der Waals surface area contributed by atoms with E-state index in [1.807, 2.05) is 13.0 Å². The lowest BCUT2D eigenvalue weighted by molar-refractivity contribution is -0.150. The molecule has 50 heavy (non-hydrogen) atoms. The number of aliphatic hydroxyl groups is 1. The van der Waals surface area contributed by atoms with Crippen molar-refractivity contribution >= 4 is 41.3 Å². The minimum Gasteiger partial charge on any atom is -0.443 e. The van der Waals surface area contributed by atoms with Gasteiger partial charge >= 0.3 is 12.2 Å². The highest BCUT2D eigenvalue weighted by Gasteiger charge is 2.40. The van der Waals surface area contributed by atoms with E-state index in [4.69, 9.17) is 14.2 Å². The van der Waals surface area contributed by atoms with Crippen molar-refractivity contribution in [2.75, 3.05) is 36.5 Å². The molecule has 5 amide bonds. The normalized spacial score (nSPS) is 17.1. The van der Waals surface area contributed by atoms with Crippen molar-refractivity contribution in [1.29, 1.82) is 5.26 Å². The highest BCUT2D eigenvalue weighted by molar-refractivity contribution is 6.05. The van der Waals surface area contributed by atoms with E-state index >= 15 is 0 Å². The molecule has 4 rings (SSSR count). The van der Waals surface area contributed by atoms with Gasteiger partial charge in [-0.25, -0.2) is 14.5 Å². The number of rotatable bonds is 7. The third kappa shape index (κ3) is 9.58. The van der Waals surface area contributed by atoms with Crippen molar-refractivity contribution in [2.45, 2.75) is 91.3 Å². The van der Waals surface area contributed by atoms with Crippen molar-refractivity contribution < 1.29 is 43.3 Å². The average Bonchev–Trinajstić information content (AvgIpc) is 3.56. The van der Waals surface area contributed by atoms with E-state index in [0.29, 0.717) is 29.2 Å². The number of aryl methyl sites for hydroxylation is 1. The number of hydrogen-bond donors (Lipinski definition) is 2. The van der Waals surface area contributed by atoms with Crippen LogP contribution in [-0.2, 0) is 30.3 Å². The van der Waals surface area contributed by atoms with Crippen molar-refractivity contribution in [3.8, 4) is 6.07 Å². The molecule has 2 aliphatic rings. The highest BCUT2D eigenvalue weighted by Crippen LogP contribution is 2.26. The third-order valence-corrected chi connectivity index (χ3v) is 7.74. The van der Waals surface area contributed by atoms with Gasteiger partial charge in [0, 0.05) is 36.6 Å². The highest BCUT2D eigenvalue weighted by atomic mass is 16.6. The van der Waals surface area contributed by atoms with Gasteiger partial charge in [-0.05, 0) is 109 Å². The molecule has 14 heteroatoms. The molecular formula is C36H45N5O9. The van der Waals surface area contributed by atoms with Crippen LogP contribution in [0, 0.1) is 18.3 Å². The monoisotopic (exact) mass is 691 g/mol. The van der Waals surface area contributed by atoms with Crippen LogP contribution in [0.4, 0.5) is 21.0 Å². The Morgan fingerprint density at radius 2 is 1.62 bits per heavy atom. The first-order valence-electron chi connectivity index (χ1n) is 16.5. The standard InChI is InChI=1S/C36H45N5O9/c1-22-16-24(31(44)39-12-8-9-13-39)19-27(17-22)40-14-15-48-29(32(40)45)28(42)30(43)38-26-11-10-23(20-37)25(18-26)21-41(33(46)49-35(2,3)4)34(47)50-36(5,6)7/h10-11,16-19,28-29,42H,8-9,12-15,21H2,1-7H3,(H,38,43). The topological polar surface area (TPSA) is 179 Å². The summed E-state index contributed by atoms with van der Waals surface area (Å²) in [5.74, 6) is -1.74. The summed E-state index contributed by atoms with van der Waals surface area (Å²) in [5, 5.41) is 23.3. The van der Waals surface area contributed by atoms with Crippen LogP contribution < -0.4 is 10.2 Å². The number of carbonyl (C=O) groups is 5. The lowest BCUT2D eigenvalue weighted by Crippen LogP contribution is -2.55. The van der Waals surface area contributed by atoms with Crippen LogP contribution in [0.1, 0.15) is 81.4 Å². The summed E-state index contributed by atoms with van der Waals surface area (Å²) in [6, 6.07) is 11.3. The van der Waals surface area contributed by atoms with Gasteiger partial charge in [0.2, 0.25) is 0 Å². The Morgan fingerprint density at radius 3 is 2.20 bits per heavy atom. The van der Waals surface area contributed by atoms with Gasteiger partial charge in [0.15, 0.2) is 12.2 Å². The molecule has 0 aromatic heterocycles. The Hall–Kier alpha value is -5.00. The van der Waals surface area contributed by atoms with Crippen molar-refractivity contribution in [2.24, 2.45) is 0 Å². The number of nitrogens with one attached hydrogen (secondary N) is 1. The fraction of sp³-hybridized carbons (Fsp3) is 0.500. The first-order chi connectivity index (χ1) is 23.4. The molecule has 0 aliphatic carbocycles. The summed E-state index contributed by atoms with van der Waals surface area (Å²) in [4.78, 5) is 70.0. The fourth-order valence-electron chi connectivity index (χ4n) is 5.51. The molecule has 268 valence electrons. The number of aliphatic hydroxyl groups excluding tert-OH is 1. The summed E-state index contributed by atoms with van der Waals surface area (Å²) >= 11 is 0. The number of ether oxygens (including phenoxy) is 3. The molecule has 14 nitrogen and oxygen atoms in total. The summed E-state index contributed by atoms with van der Waals surface area (Å²) in [6.45, 7) is 12.7. The predicted octanol–water partition coefficient (Wildman–Crippen LogP) is 4.51. The number of likely N-dealkylation sites (tertiary alicyclic amines) is 1. The number of morpholine rings is 1. The molecule has 2 aromatic rings. The lowest BCUT2D eigenvalue weighted by Gasteiger charge is -2.34. The van der Waals surface area contributed by atoms with Gasteiger partial charge < -0.3 is 34.4 Å². The molecular weight excluding hydrogens is 646 g/mol.